The van der Waals surface area contributed by atoms with Crippen LogP contribution in [-0.2, 0) is 9.53 Å². The molecule has 1 atom stereocenters. The molecule has 2 N–H and O–H groups in total. The van der Waals surface area contributed by atoms with Crippen molar-refractivity contribution in [2.45, 2.75) is 25.2 Å². The van der Waals surface area contributed by atoms with Gasteiger partial charge >= 0.3 is 0 Å². The van der Waals surface area contributed by atoms with Crippen molar-refractivity contribution in [3.8, 4) is 17.6 Å². The minimum Gasteiger partial charge on any atom is -0.454 e. The van der Waals surface area contributed by atoms with E-state index in [1.807, 2.05) is 0 Å². The largest absolute Gasteiger partial charge is 0.454 e. The van der Waals surface area contributed by atoms with Crippen molar-refractivity contribution in [1.29, 1.82) is 5.26 Å². The zero-order valence-corrected chi connectivity index (χ0v) is 14.2. The number of hydrogen-bond acceptors (Lipinski definition) is 6. The van der Waals surface area contributed by atoms with Crippen molar-refractivity contribution in [3.63, 3.8) is 0 Å². The van der Waals surface area contributed by atoms with Gasteiger partial charge in [-0.3, -0.25) is 4.79 Å². The summed E-state index contributed by atoms with van der Waals surface area (Å²) in [6.07, 6.45) is 1.81. The molecule has 2 heterocycles. The lowest BCUT2D eigenvalue weighted by molar-refractivity contribution is -0.116. The molecule has 1 unspecified atom stereocenters. The Balaban J connectivity index is 1.93. The molecular weight excluding hydrogens is 376 g/mol. The third-order valence-electron chi connectivity index (χ3n) is 4.41. The molecule has 0 radical (unpaired) electrons. The third kappa shape index (κ3) is 2.18. The van der Waals surface area contributed by atoms with Crippen LogP contribution in [0.25, 0.3) is 0 Å². The molecule has 0 spiro atoms. The SMILES string of the molecule is N#CC1=C(N)OC2=C(C(=O)CCC2)C1c1cc2c(cc1Br)OCO2. The van der Waals surface area contributed by atoms with Crippen molar-refractivity contribution in [2.75, 3.05) is 6.79 Å². The number of fused-ring (bicyclic) bond motifs is 1. The molecule has 0 saturated carbocycles. The monoisotopic (exact) mass is 388 g/mol. The van der Waals surface area contributed by atoms with Crippen LogP contribution in [0.2, 0.25) is 0 Å². The van der Waals surface area contributed by atoms with Crippen LogP contribution >= 0.6 is 15.9 Å². The molecular formula is C17H13BrN2O4. The Bertz CT molecular complexity index is 866. The fourth-order valence-electron chi connectivity index (χ4n) is 3.32. The van der Waals surface area contributed by atoms with E-state index in [9.17, 15) is 10.1 Å². The van der Waals surface area contributed by atoms with E-state index in [0.29, 0.717) is 35.7 Å². The van der Waals surface area contributed by atoms with Gasteiger partial charge in [-0.2, -0.15) is 5.26 Å². The Hall–Kier alpha value is -2.46. The Kier molecular flexibility index (Phi) is 3.50. The lowest BCUT2D eigenvalue weighted by atomic mass is 9.77. The smallest absolute Gasteiger partial charge is 0.231 e. The van der Waals surface area contributed by atoms with E-state index in [1.165, 1.54) is 0 Å². The number of halogens is 1. The highest BCUT2D eigenvalue weighted by atomic mass is 79.9. The molecule has 0 saturated heterocycles. The number of allylic oxidation sites excluding steroid dienone is 3. The van der Waals surface area contributed by atoms with Gasteiger partial charge in [-0.25, -0.2) is 0 Å². The molecule has 4 rings (SSSR count). The molecule has 2 aliphatic heterocycles. The molecule has 7 heteroatoms. The van der Waals surface area contributed by atoms with Gasteiger partial charge in [0.1, 0.15) is 17.4 Å². The van der Waals surface area contributed by atoms with Crippen molar-refractivity contribution in [1.82, 2.24) is 0 Å². The van der Waals surface area contributed by atoms with Crippen LogP contribution in [0.3, 0.4) is 0 Å². The van der Waals surface area contributed by atoms with E-state index in [1.54, 1.807) is 12.1 Å². The molecule has 0 bridgehead atoms. The maximum absolute atomic E-state index is 12.5. The predicted octanol–water partition coefficient (Wildman–Crippen LogP) is 2.99. The Morgan fingerprint density at radius 1 is 1.25 bits per heavy atom. The van der Waals surface area contributed by atoms with Gasteiger partial charge in [0.05, 0.1) is 5.92 Å². The van der Waals surface area contributed by atoms with E-state index in [4.69, 9.17) is 19.9 Å². The summed E-state index contributed by atoms with van der Waals surface area (Å²) in [4.78, 5) is 12.5. The minimum atomic E-state index is -0.560. The predicted molar refractivity (Wildman–Crippen MR) is 86.8 cm³/mol. The van der Waals surface area contributed by atoms with E-state index in [-0.39, 0.29) is 24.0 Å². The third-order valence-corrected chi connectivity index (χ3v) is 5.09. The quantitative estimate of drug-likeness (QED) is 0.794. The Morgan fingerprint density at radius 3 is 2.75 bits per heavy atom. The van der Waals surface area contributed by atoms with Gasteiger partial charge in [0.25, 0.3) is 0 Å². The van der Waals surface area contributed by atoms with Gasteiger partial charge in [0.2, 0.25) is 12.7 Å². The Morgan fingerprint density at radius 2 is 2.00 bits per heavy atom. The van der Waals surface area contributed by atoms with Crippen LogP contribution in [0.1, 0.15) is 30.7 Å². The number of rotatable bonds is 1. The summed E-state index contributed by atoms with van der Waals surface area (Å²) in [5.74, 6) is 1.26. The number of ketones is 1. The number of nitrogens with zero attached hydrogens (tertiary/aromatic N) is 1. The molecule has 122 valence electrons. The van der Waals surface area contributed by atoms with Gasteiger partial charge in [-0.1, -0.05) is 15.9 Å². The lowest BCUT2D eigenvalue weighted by Crippen LogP contribution is -2.27. The van der Waals surface area contributed by atoms with Gasteiger partial charge in [0.15, 0.2) is 17.3 Å². The molecule has 0 aromatic heterocycles. The van der Waals surface area contributed by atoms with Crippen LogP contribution in [0.5, 0.6) is 11.5 Å². The molecule has 1 aliphatic carbocycles. The highest BCUT2D eigenvalue weighted by Crippen LogP contribution is 2.48. The fourth-order valence-corrected chi connectivity index (χ4v) is 3.87. The lowest BCUT2D eigenvalue weighted by Gasteiger charge is -2.31. The second kappa shape index (κ2) is 5.56. The van der Waals surface area contributed by atoms with Crippen molar-refractivity contribution >= 4 is 21.7 Å². The van der Waals surface area contributed by atoms with E-state index >= 15 is 0 Å². The highest BCUT2D eigenvalue weighted by molar-refractivity contribution is 9.10. The summed E-state index contributed by atoms with van der Waals surface area (Å²) in [6, 6.07) is 5.68. The average Bonchev–Trinajstić information content (AvgIpc) is 3.00. The summed E-state index contributed by atoms with van der Waals surface area (Å²) in [5.41, 5.74) is 7.45. The van der Waals surface area contributed by atoms with E-state index in [2.05, 4.69) is 22.0 Å². The number of Topliss-reactive ketones (excluding diaryl/α,β-unsaturated/α-hetero) is 1. The first kappa shape index (κ1) is 15.1. The summed E-state index contributed by atoms with van der Waals surface area (Å²) >= 11 is 3.52. The van der Waals surface area contributed by atoms with Crippen molar-refractivity contribution < 1.29 is 19.0 Å². The molecule has 1 aromatic rings. The number of ether oxygens (including phenoxy) is 3. The van der Waals surface area contributed by atoms with Crippen molar-refractivity contribution in [2.24, 2.45) is 5.73 Å². The molecule has 3 aliphatic rings. The number of carbonyl (C=O) groups is 1. The molecule has 0 fully saturated rings. The number of carbonyl (C=O) groups excluding carboxylic acids is 1. The maximum atomic E-state index is 12.5. The van der Waals surface area contributed by atoms with Crippen molar-refractivity contribution in [3.05, 3.63) is 45.0 Å². The maximum Gasteiger partial charge on any atom is 0.231 e. The first-order valence-corrected chi connectivity index (χ1v) is 8.32. The molecule has 24 heavy (non-hydrogen) atoms. The zero-order chi connectivity index (χ0) is 16.8. The number of benzene rings is 1. The molecule has 1 aromatic carbocycles. The normalized spacial score (nSPS) is 22.2. The van der Waals surface area contributed by atoms with Crippen LogP contribution in [0.15, 0.2) is 39.4 Å². The van der Waals surface area contributed by atoms with E-state index in [0.717, 1.165) is 16.5 Å². The number of nitriles is 1. The second-order valence-corrected chi connectivity index (χ2v) is 6.62. The Labute approximate surface area is 146 Å². The summed E-state index contributed by atoms with van der Waals surface area (Å²) in [7, 11) is 0. The molecule has 0 amide bonds. The first-order valence-electron chi connectivity index (χ1n) is 7.53. The summed E-state index contributed by atoms with van der Waals surface area (Å²) in [5, 5.41) is 9.58. The molecule has 6 nitrogen and oxygen atoms in total. The van der Waals surface area contributed by atoms with Gasteiger partial charge in [-0.15, -0.1) is 0 Å². The second-order valence-electron chi connectivity index (χ2n) is 5.77. The van der Waals surface area contributed by atoms with Crippen LogP contribution in [-0.4, -0.2) is 12.6 Å². The van der Waals surface area contributed by atoms with Gasteiger partial charge in [-0.05, 0) is 24.1 Å². The van der Waals surface area contributed by atoms with Gasteiger partial charge in [0, 0.05) is 22.9 Å². The fraction of sp³-hybridized carbons (Fsp3) is 0.294. The van der Waals surface area contributed by atoms with Gasteiger partial charge < -0.3 is 19.9 Å². The summed E-state index contributed by atoms with van der Waals surface area (Å²) < 4.78 is 17.1. The topological polar surface area (TPSA) is 94.6 Å². The average molecular weight is 389 g/mol. The van der Waals surface area contributed by atoms with Crippen LogP contribution in [0.4, 0.5) is 0 Å². The highest BCUT2D eigenvalue weighted by Gasteiger charge is 2.39. The van der Waals surface area contributed by atoms with Crippen LogP contribution < -0.4 is 15.2 Å². The number of nitrogens with two attached hydrogens (primary N) is 1. The first-order chi connectivity index (χ1) is 11.6. The summed E-state index contributed by atoms with van der Waals surface area (Å²) in [6.45, 7) is 0.148. The number of hydrogen-bond donors (Lipinski definition) is 1. The zero-order valence-electron chi connectivity index (χ0n) is 12.6. The van der Waals surface area contributed by atoms with E-state index < -0.39 is 5.92 Å². The standard InChI is InChI=1S/C17H13BrN2O4/c18-10-5-14-13(22-7-23-14)4-8(10)15-9(6-19)17(20)24-12-3-1-2-11(21)16(12)15/h4-5,15H,1-3,7,20H2. The van der Waals surface area contributed by atoms with Crippen LogP contribution in [0, 0.1) is 11.3 Å². The minimum absolute atomic E-state index is 0.00827.